The molecule has 0 radical (unpaired) electrons. The predicted octanol–water partition coefficient (Wildman–Crippen LogP) is 7.48. The van der Waals surface area contributed by atoms with Crippen molar-refractivity contribution >= 4 is 21.9 Å². The van der Waals surface area contributed by atoms with Crippen molar-refractivity contribution in [2.75, 3.05) is 0 Å². The van der Waals surface area contributed by atoms with E-state index in [4.69, 9.17) is 9.40 Å². The highest BCUT2D eigenvalue weighted by Gasteiger charge is 2.53. The lowest BCUT2D eigenvalue weighted by Gasteiger charge is -2.29. The number of nitrogens with zero attached hydrogens (tertiary/aromatic N) is 1. The molecule has 2 heterocycles. The van der Waals surface area contributed by atoms with E-state index in [1.807, 2.05) is 18.3 Å². The van der Waals surface area contributed by atoms with Gasteiger partial charge >= 0.3 is 0 Å². The fourth-order valence-corrected chi connectivity index (χ4v) is 6.13. The highest BCUT2D eigenvalue weighted by molar-refractivity contribution is 6.05. The van der Waals surface area contributed by atoms with E-state index in [-0.39, 0.29) is 0 Å². The second-order valence-electron chi connectivity index (χ2n) is 10.1. The van der Waals surface area contributed by atoms with Gasteiger partial charge < -0.3 is 4.42 Å². The van der Waals surface area contributed by atoms with Crippen LogP contribution in [-0.2, 0) is 10.8 Å². The van der Waals surface area contributed by atoms with E-state index in [9.17, 15) is 0 Å². The zero-order valence-electron chi connectivity index (χ0n) is 17.7. The molecule has 2 nitrogen and oxygen atoms in total. The normalized spacial score (nSPS) is 25.4. The second-order valence-corrected chi connectivity index (χ2v) is 10.1. The summed E-state index contributed by atoms with van der Waals surface area (Å²) in [5.41, 5.74) is 9.37. The third kappa shape index (κ3) is 2.26. The maximum absolute atomic E-state index is 6.15. The van der Waals surface area contributed by atoms with Crippen LogP contribution in [0, 0.1) is 0 Å². The molecule has 0 N–H and O–H groups in total. The molecule has 0 amide bonds. The van der Waals surface area contributed by atoms with E-state index >= 15 is 0 Å². The number of hydrogen-bond donors (Lipinski definition) is 0. The molecule has 2 aromatic heterocycles. The van der Waals surface area contributed by atoms with Gasteiger partial charge in [-0.2, -0.15) is 0 Å². The predicted molar refractivity (Wildman–Crippen MR) is 120 cm³/mol. The Morgan fingerprint density at radius 3 is 2.38 bits per heavy atom. The van der Waals surface area contributed by atoms with Crippen LogP contribution in [0.1, 0.15) is 69.6 Å². The van der Waals surface area contributed by atoms with Gasteiger partial charge in [-0.15, -0.1) is 0 Å². The second kappa shape index (κ2) is 5.50. The number of benzene rings is 2. The van der Waals surface area contributed by atoms with E-state index in [2.05, 4.69) is 58.0 Å². The molecule has 146 valence electrons. The number of pyridine rings is 1. The Hall–Kier alpha value is -2.61. The van der Waals surface area contributed by atoms with E-state index < -0.39 is 0 Å². The van der Waals surface area contributed by atoms with Gasteiger partial charge in [0.1, 0.15) is 11.2 Å². The largest absolute Gasteiger partial charge is 0.456 e. The Labute approximate surface area is 172 Å². The summed E-state index contributed by atoms with van der Waals surface area (Å²) in [7, 11) is 0. The first-order valence-electron chi connectivity index (χ1n) is 10.8. The molecule has 2 aromatic carbocycles. The van der Waals surface area contributed by atoms with Gasteiger partial charge in [-0.05, 0) is 64.8 Å². The van der Waals surface area contributed by atoms with E-state index in [0.717, 1.165) is 27.6 Å². The Kier molecular flexibility index (Phi) is 3.28. The fourth-order valence-electron chi connectivity index (χ4n) is 6.13. The lowest BCUT2D eigenvalue weighted by atomic mass is 9.75. The number of hydrogen-bond acceptors (Lipinski definition) is 2. The van der Waals surface area contributed by atoms with Crippen molar-refractivity contribution in [3.8, 4) is 11.3 Å². The molecule has 2 aliphatic rings. The quantitative estimate of drug-likeness (QED) is 0.359. The molecule has 6 rings (SSSR count). The maximum atomic E-state index is 6.15. The highest BCUT2D eigenvalue weighted by atomic mass is 16.3. The van der Waals surface area contributed by atoms with E-state index in [1.165, 1.54) is 30.4 Å². The SMILES string of the molecule is CC(C)c1cc2c(cc1-c1cc3oc4ccccc4c3cn1)C1(C)CCC2(C)C1. The summed E-state index contributed by atoms with van der Waals surface area (Å²) < 4.78 is 6.15. The van der Waals surface area contributed by atoms with Crippen LogP contribution in [0.2, 0.25) is 0 Å². The third-order valence-corrected chi connectivity index (χ3v) is 7.66. The molecule has 2 aliphatic carbocycles. The van der Waals surface area contributed by atoms with Crippen LogP contribution in [0.25, 0.3) is 33.2 Å². The zero-order chi connectivity index (χ0) is 20.0. The number of rotatable bonds is 2. The molecule has 4 aromatic rings. The van der Waals surface area contributed by atoms with Crippen molar-refractivity contribution in [3.63, 3.8) is 0 Å². The van der Waals surface area contributed by atoms with Crippen LogP contribution >= 0.6 is 0 Å². The molecule has 29 heavy (non-hydrogen) atoms. The van der Waals surface area contributed by atoms with Crippen molar-refractivity contribution in [1.82, 2.24) is 4.98 Å². The van der Waals surface area contributed by atoms with Crippen LogP contribution in [-0.4, -0.2) is 4.98 Å². The van der Waals surface area contributed by atoms with Crippen molar-refractivity contribution in [3.05, 3.63) is 65.4 Å². The van der Waals surface area contributed by atoms with Gasteiger partial charge in [0.15, 0.2) is 0 Å². The molecular formula is C27H27NO. The number of aromatic nitrogens is 1. The summed E-state index contributed by atoms with van der Waals surface area (Å²) >= 11 is 0. The van der Waals surface area contributed by atoms with Crippen LogP contribution in [0.4, 0.5) is 0 Å². The first-order valence-corrected chi connectivity index (χ1v) is 10.8. The smallest absolute Gasteiger partial charge is 0.139 e. The minimum Gasteiger partial charge on any atom is -0.456 e. The highest BCUT2D eigenvalue weighted by Crippen LogP contribution is 2.61. The van der Waals surface area contributed by atoms with E-state index in [1.54, 1.807) is 11.1 Å². The number of para-hydroxylation sites is 1. The Bertz CT molecular complexity index is 1300. The third-order valence-electron chi connectivity index (χ3n) is 7.66. The summed E-state index contributed by atoms with van der Waals surface area (Å²) in [6.07, 6.45) is 5.89. The molecule has 2 heteroatoms. The summed E-state index contributed by atoms with van der Waals surface area (Å²) in [5.74, 6) is 0.457. The summed E-state index contributed by atoms with van der Waals surface area (Å²) in [6, 6.07) is 15.3. The zero-order valence-corrected chi connectivity index (χ0v) is 17.7. The molecule has 1 fully saturated rings. The van der Waals surface area contributed by atoms with Crippen LogP contribution < -0.4 is 0 Å². The van der Waals surface area contributed by atoms with Crippen molar-refractivity contribution in [1.29, 1.82) is 0 Å². The Morgan fingerprint density at radius 2 is 1.62 bits per heavy atom. The van der Waals surface area contributed by atoms with Crippen LogP contribution in [0.15, 0.2) is 53.1 Å². The topological polar surface area (TPSA) is 26.0 Å². The molecule has 2 bridgehead atoms. The minimum atomic E-state index is 0.317. The average Bonchev–Trinajstić information content (AvgIpc) is 3.31. The summed E-state index contributed by atoms with van der Waals surface area (Å²) in [5, 5.41) is 2.23. The average molecular weight is 382 g/mol. The van der Waals surface area contributed by atoms with Gasteiger partial charge in [0.05, 0.1) is 5.69 Å². The fraction of sp³-hybridized carbons (Fsp3) is 0.370. The molecule has 0 spiro atoms. The van der Waals surface area contributed by atoms with Crippen LogP contribution in [0.5, 0.6) is 0 Å². The lowest BCUT2D eigenvalue weighted by molar-refractivity contribution is 0.484. The summed E-state index contributed by atoms with van der Waals surface area (Å²) in [4.78, 5) is 4.91. The Balaban J connectivity index is 1.60. The molecular weight excluding hydrogens is 354 g/mol. The molecule has 0 saturated heterocycles. The first-order chi connectivity index (χ1) is 13.9. The molecule has 2 unspecified atom stereocenters. The minimum absolute atomic E-state index is 0.317. The monoisotopic (exact) mass is 381 g/mol. The molecule has 1 saturated carbocycles. The summed E-state index contributed by atoms with van der Waals surface area (Å²) in [6.45, 7) is 9.51. The molecule has 0 aliphatic heterocycles. The molecule has 2 atom stereocenters. The van der Waals surface area contributed by atoms with E-state index in [0.29, 0.717) is 16.7 Å². The van der Waals surface area contributed by atoms with Gasteiger partial charge in [-0.1, -0.05) is 52.0 Å². The van der Waals surface area contributed by atoms with Crippen molar-refractivity contribution < 1.29 is 4.42 Å². The Morgan fingerprint density at radius 1 is 0.897 bits per heavy atom. The van der Waals surface area contributed by atoms with Crippen molar-refractivity contribution in [2.24, 2.45) is 0 Å². The maximum Gasteiger partial charge on any atom is 0.139 e. The standard InChI is InChI=1S/C27H27NO/c1-16(2)18-11-21-22(27(4)10-9-26(21,3)15-27)12-19(18)23-13-25-20(14-28-23)17-7-5-6-8-24(17)29-25/h5-8,11-14,16H,9-10,15H2,1-4H3. The lowest BCUT2D eigenvalue weighted by Crippen LogP contribution is -2.19. The van der Waals surface area contributed by atoms with Crippen LogP contribution in [0.3, 0.4) is 0 Å². The van der Waals surface area contributed by atoms with Crippen molar-refractivity contribution in [2.45, 2.75) is 63.7 Å². The first kappa shape index (κ1) is 17.3. The van der Waals surface area contributed by atoms with Gasteiger partial charge in [-0.3, -0.25) is 4.98 Å². The van der Waals surface area contributed by atoms with Gasteiger partial charge in [0, 0.05) is 28.6 Å². The number of furan rings is 1. The van der Waals surface area contributed by atoms with Gasteiger partial charge in [-0.25, -0.2) is 0 Å². The number of fused-ring (bicyclic) bond motifs is 8. The van der Waals surface area contributed by atoms with Gasteiger partial charge in [0.2, 0.25) is 0 Å². The van der Waals surface area contributed by atoms with Gasteiger partial charge in [0.25, 0.3) is 0 Å².